The number of carbonyl (C=O) groups excluding carboxylic acids is 1. The van der Waals surface area contributed by atoms with Crippen LogP contribution < -0.4 is 11.1 Å². The van der Waals surface area contributed by atoms with E-state index in [2.05, 4.69) is 29.2 Å². The zero-order chi connectivity index (χ0) is 13.4. The fourth-order valence-electron chi connectivity index (χ4n) is 2.25. The topological polar surface area (TPSA) is 61.6 Å². The number of nitrogens with one attached hydrogen (secondary N) is 1. The highest BCUT2D eigenvalue weighted by atomic mass is 16.1. The van der Waals surface area contributed by atoms with Crippen molar-refractivity contribution < 1.29 is 4.79 Å². The summed E-state index contributed by atoms with van der Waals surface area (Å²) >= 11 is 0. The largest absolute Gasteiger partial charge is 0.354 e. The third-order valence-corrected chi connectivity index (χ3v) is 3.62. The van der Waals surface area contributed by atoms with Crippen molar-refractivity contribution in [1.29, 1.82) is 0 Å². The maximum Gasteiger partial charge on any atom is 0.220 e. The van der Waals surface area contributed by atoms with E-state index < -0.39 is 0 Å². The van der Waals surface area contributed by atoms with Gasteiger partial charge >= 0.3 is 0 Å². The molecule has 1 aliphatic rings. The number of rotatable bonds is 7. The van der Waals surface area contributed by atoms with Gasteiger partial charge in [-0.2, -0.15) is 0 Å². The predicted molar refractivity (Wildman–Crippen MR) is 74.4 cm³/mol. The van der Waals surface area contributed by atoms with E-state index in [9.17, 15) is 4.79 Å². The Hall–Kier alpha value is -0.650. The van der Waals surface area contributed by atoms with Crippen LogP contribution in [-0.4, -0.2) is 68.6 Å². The van der Waals surface area contributed by atoms with E-state index in [1.165, 1.54) is 0 Å². The summed E-state index contributed by atoms with van der Waals surface area (Å²) in [6, 6.07) is 0.441. The molecule has 1 rings (SSSR count). The fraction of sp³-hybridized carbons (Fsp3) is 0.923. The Labute approximate surface area is 111 Å². The molecular formula is C13H28N4O. The molecule has 106 valence electrons. The van der Waals surface area contributed by atoms with Gasteiger partial charge in [-0.1, -0.05) is 6.42 Å². The van der Waals surface area contributed by atoms with Crippen LogP contribution >= 0.6 is 0 Å². The van der Waals surface area contributed by atoms with Crippen molar-refractivity contribution in [2.24, 2.45) is 5.73 Å². The average Bonchev–Trinajstić information content (AvgIpc) is 2.36. The van der Waals surface area contributed by atoms with Gasteiger partial charge in [0.2, 0.25) is 5.91 Å². The van der Waals surface area contributed by atoms with Gasteiger partial charge in [-0.25, -0.2) is 0 Å². The molecule has 5 heteroatoms. The van der Waals surface area contributed by atoms with Gasteiger partial charge in [0.05, 0.1) is 0 Å². The maximum absolute atomic E-state index is 11.7. The number of likely N-dealkylation sites (N-methyl/N-ethyl adjacent to an activating group) is 2. The number of amides is 1. The van der Waals surface area contributed by atoms with E-state index in [4.69, 9.17) is 5.73 Å². The van der Waals surface area contributed by atoms with Crippen LogP contribution in [0, 0.1) is 0 Å². The molecule has 0 bridgehead atoms. The lowest BCUT2D eigenvalue weighted by Gasteiger charge is -2.37. The number of piperazine rings is 1. The minimum absolute atomic E-state index is 0.175. The van der Waals surface area contributed by atoms with Crippen LogP contribution in [0.1, 0.15) is 25.7 Å². The lowest BCUT2D eigenvalue weighted by Crippen LogP contribution is -2.54. The first kappa shape index (κ1) is 15.4. The van der Waals surface area contributed by atoms with E-state index in [1.807, 2.05) is 0 Å². The molecule has 1 heterocycles. The summed E-state index contributed by atoms with van der Waals surface area (Å²) in [5.74, 6) is 0.175. The Bertz CT molecular complexity index is 247. The SMILES string of the molecule is CN1CCN(C)C(CNC(=O)CCCCCN)C1. The van der Waals surface area contributed by atoms with Crippen LogP contribution in [0.4, 0.5) is 0 Å². The van der Waals surface area contributed by atoms with Crippen LogP contribution in [0.15, 0.2) is 0 Å². The zero-order valence-electron chi connectivity index (χ0n) is 11.8. The van der Waals surface area contributed by atoms with Gasteiger partial charge in [-0.05, 0) is 33.5 Å². The molecule has 1 amide bonds. The van der Waals surface area contributed by atoms with E-state index in [0.29, 0.717) is 12.5 Å². The monoisotopic (exact) mass is 256 g/mol. The van der Waals surface area contributed by atoms with Gasteiger partial charge in [0.25, 0.3) is 0 Å². The first-order valence-electron chi connectivity index (χ1n) is 6.99. The Morgan fingerprint density at radius 2 is 2.06 bits per heavy atom. The molecule has 0 aromatic heterocycles. The second-order valence-corrected chi connectivity index (χ2v) is 5.30. The van der Waals surface area contributed by atoms with Crippen LogP contribution in [0.5, 0.6) is 0 Å². The molecule has 1 unspecified atom stereocenters. The average molecular weight is 256 g/mol. The summed E-state index contributed by atoms with van der Waals surface area (Å²) in [6.45, 7) is 4.70. The third-order valence-electron chi connectivity index (χ3n) is 3.62. The fourth-order valence-corrected chi connectivity index (χ4v) is 2.25. The maximum atomic E-state index is 11.7. The van der Waals surface area contributed by atoms with Gasteiger partial charge < -0.3 is 16.0 Å². The number of nitrogens with zero attached hydrogens (tertiary/aromatic N) is 2. The molecule has 3 N–H and O–H groups in total. The van der Waals surface area contributed by atoms with Crippen molar-refractivity contribution in [3.63, 3.8) is 0 Å². The van der Waals surface area contributed by atoms with Gasteiger partial charge in [0.15, 0.2) is 0 Å². The molecule has 0 radical (unpaired) electrons. The summed E-state index contributed by atoms with van der Waals surface area (Å²) in [5, 5.41) is 3.04. The Morgan fingerprint density at radius 3 is 2.78 bits per heavy atom. The molecule has 0 aromatic rings. The first-order valence-corrected chi connectivity index (χ1v) is 6.99. The number of carbonyl (C=O) groups is 1. The minimum Gasteiger partial charge on any atom is -0.354 e. The molecule has 0 spiro atoms. The standard InChI is InChI=1S/C13H28N4O/c1-16-8-9-17(2)12(11-16)10-15-13(18)6-4-3-5-7-14/h12H,3-11,14H2,1-2H3,(H,15,18). The minimum atomic E-state index is 0.175. The van der Waals surface area contributed by atoms with Crippen molar-refractivity contribution in [2.75, 3.05) is 46.8 Å². The van der Waals surface area contributed by atoms with Crippen molar-refractivity contribution in [3.05, 3.63) is 0 Å². The van der Waals surface area contributed by atoms with Crippen LogP contribution in [-0.2, 0) is 4.79 Å². The highest BCUT2D eigenvalue weighted by molar-refractivity contribution is 5.75. The molecule has 0 aliphatic carbocycles. The van der Waals surface area contributed by atoms with E-state index in [0.717, 1.165) is 52.0 Å². The highest BCUT2D eigenvalue weighted by Crippen LogP contribution is 2.05. The van der Waals surface area contributed by atoms with E-state index >= 15 is 0 Å². The molecule has 18 heavy (non-hydrogen) atoms. The molecule has 1 aliphatic heterocycles. The predicted octanol–water partition coefficient (Wildman–Crippen LogP) is -0.132. The van der Waals surface area contributed by atoms with Gasteiger partial charge in [-0.15, -0.1) is 0 Å². The lowest BCUT2D eigenvalue weighted by molar-refractivity contribution is -0.121. The van der Waals surface area contributed by atoms with Crippen molar-refractivity contribution in [3.8, 4) is 0 Å². The van der Waals surface area contributed by atoms with Crippen molar-refractivity contribution in [1.82, 2.24) is 15.1 Å². The summed E-state index contributed by atoms with van der Waals surface area (Å²) in [5.41, 5.74) is 5.42. The smallest absolute Gasteiger partial charge is 0.220 e. The van der Waals surface area contributed by atoms with Crippen LogP contribution in [0.3, 0.4) is 0 Å². The van der Waals surface area contributed by atoms with E-state index in [-0.39, 0.29) is 5.91 Å². The second-order valence-electron chi connectivity index (χ2n) is 5.30. The molecule has 0 saturated carbocycles. The Kier molecular flexibility index (Phi) is 7.23. The first-order chi connectivity index (χ1) is 8.63. The molecular weight excluding hydrogens is 228 g/mol. The quantitative estimate of drug-likeness (QED) is 0.623. The summed E-state index contributed by atoms with van der Waals surface area (Å²) < 4.78 is 0. The molecule has 5 nitrogen and oxygen atoms in total. The Balaban J connectivity index is 2.13. The van der Waals surface area contributed by atoms with Crippen molar-refractivity contribution >= 4 is 5.91 Å². The lowest BCUT2D eigenvalue weighted by atomic mass is 10.1. The normalized spacial score (nSPS) is 22.1. The van der Waals surface area contributed by atoms with Crippen LogP contribution in [0.2, 0.25) is 0 Å². The molecule has 0 aromatic carbocycles. The molecule has 1 fully saturated rings. The highest BCUT2D eigenvalue weighted by Gasteiger charge is 2.22. The number of nitrogens with two attached hydrogens (primary N) is 1. The zero-order valence-corrected chi connectivity index (χ0v) is 11.8. The number of unbranched alkanes of at least 4 members (excludes halogenated alkanes) is 2. The van der Waals surface area contributed by atoms with Gasteiger partial charge in [-0.3, -0.25) is 9.69 Å². The molecule has 1 saturated heterocycles. The van der Waals surface area contributed by atoms with E-state index in [1.54, 1.807) is 0 Å². The summed E-state index contributed by atoms with van der Waals surface area (Å²) in [7, 11) is 4.26. The summed E-state index contributed by atoms with van der Waals surface area (Å²) in [6.07, 6.45) is 3.65. The Morgan fingerprint density at radius 1 is 1.28 bits per heavy atom. The van der Waals surface area contributed by atoms with Crippen LogP contribution in [0.25, 0.3) is 0 Å². The summed E-state index contributed by atoms with van der Waals surface area (Å²) in [4.78, 5) is 16.3. The number of hydrogen-bond acceptors (Lipinski definition) is 4. The number of hydrogen-bond donors (Lipinski definition) is 2. The van der Waals surface area contributed by atoms with Gasteiger partial charge in [0, 0.05) is 38.6 Å². The van der Waals surface area contributed by atoms with Crippen molar-refractivity contribution in [2.45, 2.75) is 31.7 Å². The third kappa shape index (κ3) is 5.80. The second kappa shape index (κ2) is 8.45. The molecule has 1 atom stereocenters. The van der Waals surface area contributed by atoms with Gasteiger partial charge in [0.1, 0.15) is 0 Å².